The van der Waals surface area contributed by atoms with Gasteiger partial charge >= 0.3 is 0 Å². The maximum atomic E-state index is 6.05. The van der Waals surface area contributed by atoms with Crippen LogP contribution in [0.25, 0.3) is 0 Å². The Labute approximate surface area is 135 Å². The standard InChI is InChI=1S/C15H22ClIN2/c1-4-18-14-7-8-19(11(3)10(14)2)15-6-5-12(16)9-13(15)17/h5-6,9-11,14,18H,4,7-8H2,1-3H3. The van der Waals surface area contributed by atoms with E-state index in [1.807, 2.05) is 12.1 Å². The summed E-state index contributed by atoms with van der Waals surface area (Å²) in [5, 5.41) is 4.43. The zero-order valence-corrected chi connectivity index (χ0v) is 14.7. The van der Waals surface area contributed by atoms with Crippen LogP contribution in [0, 0.1) is 9.49 Å². The largest absolute Gasteiger partial charge is 0.368 e. The van der Waals surface area contributed by atoms with Crippen LogP contribution in [-0.4, -0.2) is 25.2 Å². The quantitative estimate of drug-likeness (QED) is 0.777. The van der Waals surface area contributed by atoms with Crippen molar-refractivity contribution < 1.29 is 0 Å². The molecule has 1 fully saturated rings. The number of hydrogen-bond acceptors (Lipinski definition) is 2. The minimum absolute atomic E-state index is 0.549. The van der Waals surface area contributed by atoms with Gasteiger partial charge in [0, 0.05) is 27.2 Å². The number of anilines is 1. The molecule has 1 aromatic rings. The number of nitrogens with one attached hydrogen (secondary N) is 1. The first-order valence-electron chi connectivity index (χ1n) is 6.99. The van der Waals surface area contributed by atoms with E-state index in [1.165, 1.54) is 15.7 Å². The molecular weight excluding hydrogens is 371 g/mol. The van der Waals surface area contributed by atoms with Crippen LogP contribution >= 0.6 is 34.2 Å². The highest BCUT2D eigenvalue weighted by Gasteiger charge is 2.32. The Hall–Kier alpha value is -0.000000000000000111. The summed E-state index contributed by atoms with van der Waals surface area (Å²) >= 11 is 8.44. The lowest BCUT2D eigenvalue weighted by Gasteiger charge is -2.44. The van der Waals surface area contributed by atoms with Crippen molar-refractivity contribution in [2.24, 2.45) is 5.92 Å². The molecular formula is C15H22ClIN2. The minimum Gasteiger partial charge on any atom is -0.368 e. The molecule has 1 heterocycles. The molecule has 4 heteroatoms. The molecule has 0 amide bonds. The van der Waals surface area contributed by atoms with E-state index in [4.69, 9.17) is 11.6 Å². The van der Waals surface area contributed by atoms with E-state index in [0.29, 0.717) is 18.0 Å². The average molecular weight is 393 g/mol. The van der Waals surface area contributed by atoms with Gasteiger partial charge in [-0.3, -0.25) is 0 Å². The van der Waals surface area contributed by atoms with E-state index >= 15 is 0 Å². The molecule has 0 saturated carbocycles. The van der Waals surface area contributed by atoms with E-state index in [2.05, 4.69) is 59.6 Å². The van der Waals surface area contributed by atoms with Gasteiger partial charge in [-0.05, 0) is 66.6 Å². The van der Waals surface area contributed by atoms with Crippen molar-refractivity contribution in [1.82, 2.24) is 5.32 Å². The third kappa shape index (κ3) is 3.37. The van der Waals surface area contributed by atoms with E-state index < -0.39 is 0 Å². The van der Waals surface area contributed by atoms with Gasteiger partial charge in [-0.25, -0.2) is 0 Å². The van der Waals surface area contributed by atoms with Crippen molar-refractivity contribution in [2.75, 3.05) is 18.0 Å². The first-order chi connectivity index (χ1) is 9.04. The van der Waals surface area contributed by atoms with Crippen LogP contribution in [0.4, 0.5) is 5.69 Å². The number of hydrogen-bond donors (Lipinski definition) is 1. The van der Waals surface area contributed by atoms with Gasteiger partial charge in [0.05, 0.1) is 5.69 Å². The number of piperidine rings is 1. The third-order valence-electron chi connectivity index (χ3n) is 4.25. The summed E-state index contributed by atoms with van der Waals surface area (Å²) in [6.07, 6.45) is 1.21. The van der Waals surface area contributed by atoms with E-state index in [0.717, 1.165) is 18.1 Å². The van der Waals surface area contributed by atoms with Gasteiger partial charge in [-0.15, -0.1) is 0 Å². The number of halogens is 2. The maximum absolute atomic E-state index is 6.05. The Bertz CT molecular complexity index is 438. The molecule has 0 aromatic heterocycles. The highest BCUT2D eigenvalue weighted by molar-refractivity contribution is 14.1. The molecule has 19 heavy (non-hydrogen) atoms. The van der Waals surface area contributed by atoms with Crippen molar-refractivity contribution in [2.45, 2.75) is 39.3 Å². The lowest BCUT2D eigenvalue weighted by atomic mass is 9.86. The van der Waals surface area contributed by atoms with Crippen LogP contribution < -0.4 is 10.2 Å². The molecule has 3 unspecified atom stereocenters. The lowest BCUT2D eigenvalue weighted by molar-refractivity contribution is 0.274. The van der Waals surface area contributed by atoms with Crippen molar-refractivity contribution in [3.8, 4) is 0 Å². The molecule has 1 aliphatic rings. The van der Waals surface area contributed by atoms with Crippen molar-refractivity contribution in [1.29, 1.82) is 0 Å². The summed E-state index contributed by atoms with van der Waals surface area (Å²) in [4.78, 5) is 2.52. The Balaban J connectivity index is 2.18. The summed E-state index contributed by atoms with van der Waals surface area (Å²) < 4.78 is 1.24. The Morgan fingerprint density at radius 1 is 1.42 bits per heavy atom. The smallest absolute Gasteiger partial charge is 0.0505 e. The van der Waals surface area contributed by atoms with Gasteiger partial charge in [0.15, 0.2) is 0 Å². The molecule has 1 aromatic carbocycles. The molecule has 1 saturated heterocycles. The Morgan fingerprint density at radius 3 is 2.79 bits per heavy atom. The van der Waals surface area contributed by atoms with Crippen LogP contribution in [0.5, 0.6) is 0 Å². The number of rotatable bonds is 3. The average Bonchev–Trinajstić information content (AvgIpc) is 2.37. The fourth-order valence-corrected chi connectivity index (χ4v) is 4.15. The highest BCUT2D eigenvalue weighted by atomic mass is 127. The summed E-state index contributed by atoms with van der Waals surface area (Å²) in [5.74, 6) is 0.653. The first-order valence-corrected chi connectivity index (χ1v) is 8.45. The monoisotopic (exact) mass is 392 g/mol. The number of nitrogens with zero attached hydrogens (tertiary/aromatic N) is 1. The van der Waals surface area contributed by atoms with Gasteiger partial charge < -0.3 is 10.2 Å². The van der Waals surface area contributed by atoms with Crippen LogP contribution in [0.2, 0.25) is 5.02 Å². The Kier molecular flexibility index (Phi) is 5.37. The zero-order chi connectivity index (χ0) is 14.0. The summed E-state index contributed by atoms with van der Waals surface area (Å²) in [5.41, 5.74) is 1.32. The molecule has 0 aliphatic carbocycles. The topological polar surface area (TPSA) is 15.3 Å². The predicted octanol–water partition coefficient (Wildman–Crippen LogP) is 4.16. The SMILES string of the molecule is CCNC1CCN(c2ccc(Cl)cc2I)C(C)C1C. The van der Waals surface area contributed by atoms with Gasteiger partial charge in [-0.1, -0.05) is 25.4 Å². The maximum Gasteiger partial charge on any atom is 0.0505 e. The molecule has 1 N–H and O–H groups in total. The van der Waals surface area contributed by atoms with Crippen LogP contribution in [-0.2, 0) is 0 Å². The third-order valence-corrected chi connectivity index (χ3v) is 5.35. The van der Waals surface area contributed by atoms with Gasteiger partial charge in [0.1, 0.15) is 0 Å². The fraction of sp³-hybridized carbons (Fsp3) is 0.600. The molecule has 2 rings (SSSR count). The van der Waals surface area contributed by atoms with Gasteiger partial charge in [0.2, 0.25) is 0 Å². The molecule has 0 spiro atoms. The predicted molar refractivity (Wildman–Crippen MR) is 92.2 cm³/mol. The fourth-order valence-electron chi connectivity index (χ4n) is 2.97. The first kappa shape index (κ1) is 15.4. The molecule has 106 valence electrons. The van der Waals surface area contributed by atoms with Crippen molar-refractivity contribution >= 4 is 39.9 Å². The molecule has 0 radical (unpaired) electrons. The van der Waals surface area contributed by atoms with Crippen molar-refractivity contribution in [3.05, 3.63) is 26.8 Å². The molecule has 0 bridgehead atoms. The normalized spacial score (nSPS) is 27.6. The summed E-state index contributed by atoms with van der Waals surface area (Å²) in [6, 6.07) is 7.38. The summed E-state index contributed by atoms with van der Waals surface area (Å²) in [6.45, 7) is 9.04. The lowest BCUT2D eigenvalue weighted by Crippen LogP contribution is -2.53. The van der Waals surface area contributed by atoms with E-state index in [9.17, 15) is 0 Å². The molecule has 3 atom stereocenters. The van der Waals surface area contributed by atoms with Crippen LogP contribution in [0.15, 0.2) is 18.2 Å². The molecule has 2 nitrogen and oxygen atoms in total. The van der Waals surface area contributed by atoms with E-state index in [1.54, 1.807) is 0 Å². The van der Waals surface area contributed by atoms with E-state index in [-0.39, 0.29) is 0 Å². The second-order valence-electron chi connectivity index (χ2n) is 5.34. The minimum atomic E-state index is 0.549. The zero-order valence-electron chi connectivity index (χ0n) is 11.8. The van der Waals surface area contributed by atoms with Gasteiger partial charge in [-0.2, -0.15) is 0 Å². The highest BCUT2D eigenvalue weighted by Crippen LogP contribution is 2.33. The van der Waals surface area contributed by atoms with Crippen molar-refractivity contribution in [3.63, 3.8) is 0 Å². The second-order valence-corrected chi connectivity index (χ2v) is 6.94. The van der Waals surface area contributed by atoms with Gasteiger partial charge in [0.25, 0.3) is 0 Å². The summed E-state index contributed by atoms with van der Waals surface area (Å²) in [7, 11) is 0. The van der Waals surface area contributed by atoms with Crippen LogP contribution in [0.3, 0.4) is 0 Å². The number of benzene rings is 1. The molecule has 1 aliphatic heterocycles. The van der Waals surface area contributed by atoms with Crippen LogP contribution in [0.1, 0.15) is 27.2 Å². The second kappa shape index (κ2) is 6.64. The Morgan fingerprint density at radius 2 is 2.16 bits per heavy atom.